The lowest BCUT2D eigenvalue weighted by Gasteiger charge is -2.16. The number of fused-ring (bicyclic) bond motifs is 1. The lowest BCUT2D eigenvalue weighted by Crippen LogP contribution is -2.21. The smallest absolute Gasteiger partial charge is 0.290 e. The fourth-order valence-electron chi connectivity index (χ4n) is 2.35. The molecule has 1 aliphatic rings. The summed E-state index contributed by atoms with van der Waals surface area (Å²) in [6, 6.07) is 15.1. The standard InChI is InChI=1S/C15H15N.CH2O2/c1-2-8-14-12(5-1)6-3-9-15(14)13-7-4-10-16-11-13;2-1-3/h1-3,5-9,16H,4,10-11H2;1H,(H,2,3). The van der Waals surface area contributed by atoms with Crippen LogP contribution < -0.4 is 5.32 Å². The van der Waals surface area contributed by atoms with Crippen LogP contribution >= 0.6 is 0 Å². The molecule has 3 nitrogen and oxygen atoms in total. The quantitative estimate of drug-likeness (QED) is 0.770. The predicted molar refractivity (Wildman–Crippen MR) is 78.1 cm³/mol. The SMILES string of the molecule is C1=C(c2cccc3ccccc23)CNCC1.O=CO. The molecular formula is C16H17NO2. The van der Waals surface area contributed by atoms with Gasteiger partial charge in [0, 0.05) is 6.54 Å². The second kappa shape index (κ2) is 6.71. The minimum Gasteiger partial charge on any atom is -0.483 e. The maximum atomic E-state index is 8.36. The summed E-state index contributed by atoms with van der Waals surface area (Å²) in [7, 11) is 0. The molecule has 0 unspecified atom stereocenters. The highest BCUT2D eigenvalue weighted by atomic mass is 16.3. The molecule has 2 aromatic carbocycles. The summed E-state index contributed by atoms with van der Waals surface area (Å²) in [5, 5.41) is 13.0. The zero-order chi connectivity index (χ0) is 13.5. The van der Waals surface area contributed by atoms with Gasteiger partial charge in [0.05, 0.1) is 0 Å². The van der Waals surface area contributed by atoms with E-state index in [-0.39, 0.29) is 6.47 Å². The highest BCUT2D eigenvalue weighted by Crippen LogP contribution is 2.25. The summed E-state index contributed by atoms with van der Waals surface area (Å²) < 4.78 is 0. The van der Waals surface area contributed by atoms with Crippen molar-refractivity contribution in [3.8, 4) is 0 Å². The van der Waals surface area contributed by atoms with Crippen molar-refractivity contribution in [2.45, 2.75) is 6.42 Å². The molecule has 1 aliphatic heterocycles. The van der Waals surface area contributed by atoms with E-state index >= 15 is 0 Å². The Balaban J connectivity index is 0.000000408. The lowest BCUT2D eigenvalue weighted by atomic mass is 9.96. The van der Waals surface area contributed by atoms with Gasteiger partial charge in [-0.1, -0.05) is 48.5 Å². The van der Waals surface area contributed by atoms with Gasteiger partial charge in [-0.3, -0.25) is 4.79 Å². The van der Waals surface area contributed by atoms with Gasteiger partial charge in [0.1, 0.15) is 0 Å². The monoisotopic (exact) mass is 255 g/mol. The fraction of sp³-hybridized carbons (Fsp3) is 0.188. The first kappa shape index (κ1) is 13.3. The number of nitrogens with one attached hydrogen (secondary N) is 1. The summed E-state index contributed by atoms with van der Waals surface area (Å²) in [5.74, 6) is 0. The average Bonchev–Trinajstić information content (AvgIpc) is 2.48. The second-order valence-electron chi connectivity index (χ2n) is 4.33. The Morgan fingerprint density at radius 3 is 2.58 bits per heavy atom. The molecule has 0 fully saturated rings. The van der Waals surface area contributed by atoms with Crippen LogP contribution in [0.4, 0.5) is 0 Å². The molecule has 0 bridgehead atoms. The fourth-order valence-corrected chi connectivity index (χ4v) is 2.35. The van der Waals surface area contributed by atoms with Gasteiger partial charge < -0.3 is 10.4 Å². The van der Waals surface area contributed by atoms with E-state index in [4.69, 9.17) is 9.90 Å². The summed E-state index contributed by atoms with van der Waals surface area (Å²) >= 11 is 0. The van der Waals surface area contributed by atoms with Crippen molar-refractivity contribution in [1.29, 1.82) is 0 Å². The zero-order valence-electron chi connectivity index (χ0n) is 10.7. The maximum absolute atomic E-state index is 8.36. The molecule has 2 N–H and O–H groups in total. The predicted octanol–water partition coefficient (Wildman–Crippen LogP) is 2.92. The van der Waals surface area contributed by atoms with Gasteiger partial charge in [-0.15, -0.1) is 0 Å². The van der Waals surface area contributed by atoms with Crippen molar-refractivity contribution in [3.05, 3.63) is 54.1 Å². The molecule has 19 heavy (non-hydrogen) atoms. The third kappa shape index (κ3) is 3.20. The van der Waals surface area contributed by atoms with E-state index < -0.39 is 0 Å². The number of carbonyl (C=O) groups is 1. The summed E-state index contributed by atoms with van der Waals surface area (Å²) in [6.07, 6.45) is 3.50. The normalized spacial score (nSPS) is 14.2. The molecule has 0 aromatic heterocycles. The molecule has 1 heterocycles. The molecular weight excluding hydrogens is 238 g/mol. The molecule has 98 valence electrons. The Labute approximate surface area is 112 Å². The average molecular weight is 255 g/mol. The first-order valence-electron chi connectivity index (χ1n) is 6.32. The van der Waals surface area contributed by atoms with Crippen LogP contribution in [0.15, 0.2) is 48.5 Å². The topological polar surface area (TPSA) is 49.3 Å². The van der Waals surface area contributed by atoms with Gasteiger partial charge in [-0.25, -0.2) is 0 Å². The summed E-state index contributed by atoms with van der Waals surface area (Å²) in [6.45, 7) is 1.85. The van der Waals surface area contributed by atoms with Crippen LogP contribution in [0.2, 0.25) is 0 Å². The van der Waals surface area contributed by atoms with E-state index in [0.717, 1.165) is 19.5 Å². The largest absolute Gasteiger partial charge is 0.483 e. The Bertz CT molecular complexity index is 585. The first-order valence-corrected chi connectivity index (χ1v) is 6.32. The number of carboxylic acid groups (broad SMARTS) is 1. The third-order valence-corrected chi connectivity index (χ3v) is 3.16. The zero-order valence-corrected chi connectivity index (χ0v) is 10.7. The van der Waals surface area contributed by atoms with Gasteiger partial charge >= 0.3 is 0 Å². The summed E-state index contributed by atoms with van der Waals surface area (Å²) in [5.41, 5.74) is 2.81. The van der Waals surface area contributed by atoms with Crippen LogP contribution in [0.3, 0.4) is 0 Å². The molecule has 0 aliphatic carbocycles. The van der Waals surface area contributed by atoms with E-state index in [1.165, 1.54) is 21.9 Å². The minimum absolute atomic E-state index is 0.250. The molecule has 3 heteroatoms. The van der Waals surface area contributed by atoms with Gasteiger partial charge in [0.2, 0.25) is 0 Å². The molecule has 0 saturated heterocycles. The molecule has 3 rings (SSSR count). The van der Waals surface area contributed by atoms with Crippen molar-refractivity contribution in [1.82, 2.24) is 5.32 Å². The van der Waals surface area contributed by atoms with Crippen LogP contribution in [0.5, 0.6) is 0 Å². The molecule has 0 amide bonds. The van der Waals surface area contributed by atoms with Crippen LogP contribution in [0.25, 0.3) is 16.3 Å². The van der Waals surface area contributed by atoms with Crippen molar-refractivity contribution in [2.24, 2.45) is 0 Å². The Morgan fingerprint density at radius 1 is 1.11 bits per heavy atom. The van der Waals surface area contributed by atoms with Crippen molar-refractivity contribution >= 4 is 22.8 Å². The Hall–Kier alpha value is -2.13. The molecule has 0 radical (unpaired) electrons. The molecule has 0 spiro atoms. The lowest BCUT2D eigenvalue weighted by molar-refractivity contribution is -0.122. The van der Waals surface area contributed by atoms with Gasteiger partial charge in [-0.05, 0) is 34.9 Å². The molecule has 0 saturated carbocycles. The van der Waals surface area contributed by atoms with E-state index in [1.807, 2.05) is 0 Å². The van der Waals surface area contributed by atoms with Gasteiger partial charge in [-0.2, -0.15) is 0 Å². The van der Waals surface area contributed by atoms with Crippen LogP contribution in [0.1, 0.15) is 12.0 Å². The molecule has 0 atom stereocenters. The van der Waals surface area contributed by atoms with Gasteiger partial charge in [0.25, 0.3) is 6.47 Å². The number of hydrogen-bond donors (Lipinski definition) is 2. The number of hydrogen-bond acceptors (Lipinski definition) is 2. The Morgan fingerprint density at radius 2 is 1.84 bits per heavy atom. The highest BCUT2D eigenvalue weighted by molar-refractivity contribution is 5.94. The van der Waals surface area contributed by atoms with Crippen LogP contribution in [-0.4, -0.2) is 24.7 Å². The second-order valence-corrected chi connectivity index (χ2v) is 4.33. The Kier molecular flexibility index (Phi) is 4.70. The van der Waals surface area contributed by atoms with E-state index in [1.54, 1.807) is 0 Å². The minimum atomic E-state index is -0.250. The van der Waals surface area contributed by atoms with Crippen LogP contribution in [0, 0.1) is 0 Å². The maximum Gasteiger partial charge on any atom is 0.290 e. The van der Waals surface area contributed by atoms with E-state index in [0.29, 0.717) is 0 Å². The van der Waals surface area contributed by atoms with Crippen molar-refractivity contribution in [2.75, 3.05) is 13.1 Å². The van der Waals surface area contributed by atoms with E-state index in [2.05, 4.69) is 53.9 Å². The highest BCUT2D eigenvalue weighted by Gasteiger charge is 2.08. The number of rotatable bonds is 1. The summed E-state index contributed by atoms with van der Waals surface area (Å²) in [4.78, 5) is 8.36. The molecule has 2 aromatic rings. The van der Waals surface area contributed by atoms with Crippen LogP contribution in [-0.2, 0) is 4.79 Å². The first-order chi connectivity index (χ1) is 9.36. The van der Waals surface area contributed by atoms with Crippen molar-refractivity contribution in [3.63, 3.8) is 0 Å². The number of benzene rings is 2. The third-order valence-electron chi connectivity index (χ3n) is 3.16. The van der Waals surface area contributed by atoms with E-state index in [9.17, 15) is 0 Å². The van der Waals surface area contributed by atoms with Gasteiger partial charge in [0.15, 0.2) is 0 Å². The van der Waals surface area contributed by atoms with Crippen molar-refractivity contribution < 1.29 is 9.90 Å².